The number of ether oxygens (including phenoxy) is 2. The predicted octanol–water partition coefficient (Wildman–Crippen LogP) is 2.36. The third kappa shape index (κ3) is 5.44. The number of rotatable bonds is 6. The van der Waals surface area contributed by atoms with Crippen LogP contribution < -0.4 is 9.46 Å². The molecule has 0 spiro atoms. The maximum atomic E-state index is 13.8. The summed E-state index contributed by atoms with van der Waals surface area (Å²) in [7, 11) is -3.31. The third-order valence-electron chi connectivity index (χ3n) is 4.24. The van der Waals surface area contributed by atoms with Gasteiger partial charge in [-0.2, -0.15) is 0 Å². The Kier molecular flexibility index (Phi) is 6.03. The maximum Gasteiger partial charge on any atom is 0.208 e. The summed E-state index contributed by atoms with van der Waals surface area (Å²) in [6.45, 7) is 1.17. The van der Waals surface area contributed by atoms with E-state index in [4.69, 9.17) is 9.47 Å². The first-order valence-electron chi connectivity index (χ1n) is 8.41. The zero-order chi connectivity index (χ0) is 19.4. The standard InChI is InChI=1S/C18H20F2N2O4S/c1-27(23,24)22-17-6-7-25-10-13(17)11-26-15-4-2-12(3-5-15)18-16(20)8-14(19)9-21-18/h2-5,8-9,13,17,22H,6-7,10-11H2,1H3/t13-,17+/m0/s1. The Balaban J connectivity index is 1.64. The normalized spacial score (nSPS) is 20.4. The molecule has 1 aromatic heterocycles. The second kappa shape index (κ2) is 8.28. The Bertz CT molecular complexity index is 891. The largest absolute Gasteiger partial charge is 0.493 e. The number of hydrogen-bond acceptors (Lipinski definition) is 5. The van der Waals surface area contributed by atoms with Gasteiger partial charge in [0.15, 0.2) is 5.82 Å². The molecule has 2 aromatic rings. The second-order valence-electron chi connectivity index (χ2n) is 6.44. The molecule has 0 radical (unpaired) electrons. The molecule has 0 saturated carbocycles. The number of halogens is 2. The van der Waals surface area contributed by atoms with Crippen molar-refractivity contribution in [2.45, 2.75) is 12.5 Å². The first-order chi connectivity index (χ1) is 12.8. The zero-order valence-electron chi connectivity index (χ0n) is 14.7. The Morgan fingerprint density at radius 1 is 1.30 bits per heavy atom. The van der Waals surface area contributed by atoms with E-state index in [1.54, 1.807) is 24.3 Å². The predicted molar refractivity (Wildman–Crippen MR) is 95.8 cm³/mol. The van der Waals surface area contributed by atoms with Crippen molar-refractivity contribution in [3.63, 3.8) is 0 Å². The molecule has 2 heterocycles. The van der Waals surface area contributed by atoms with Crippen LogP contribution in [0.2, 0.25) is 0 Å². The molecule has 3 rings (SSSR count). The van der Waals surface area contributed by atoms with Gasteiger partial charge in [0, 0.05) is 30.2 Å². The fourth-order valence-corrected chi connectivity index (χ4v) is 3.79. The lowest BCUT2D eigenvalue weighted by Gasteiger charge is -2.31. The molecule has 1 saturated heterocycles. The van der Waals surface area contributed by atoms with Crippen molar-refractivity contribution in [3.05, 3.63) is 48.2 Å². The van der Waals surface area contributed by atoms with Crippen molar-refractivity contribution in [2.75, 3.05) is 26.1 Å². The molecule has 1 aromatic carbocycles. The van der Waals surface area contributed by atoms with E-state index in [1.807, 2.05) is 0 Å². The van der Waals surface area contributed by atoms with Gasteiger partial charge in [-0.3, -0.25) is 4.98 Å². The number of nitrogens with one attached hydrogen (secondary N) is 1. The fourth-order valence-electron chi connectivity index (χ4n) is 2.93. The van der Waals surface area contributed by atoms with Crippen LogP contribution in [0.25, 0.3) is 11.3 Å². The summed E-state index contributed by atoms with van der Waals surface area (Å²) in [5.41, 5.74) is 0.554. The van der Waals surface area contributed by atoms with Crippen LogP contribution in [-0.2, 0) is 14.8 Å². The number of pyridine rings is 1. The molecule has 6 nitrogen and oxygen atoms in total. The van der Waals surface area contributed by atoms with E-state index in [0.29, 0.717) is 30.9 Å². The van der Waals surface area contributed by atoms with Crippen molar-refractivity contribution in [2.24, 2.45) is 5.92 Å². The number of aromatic nitrogens is 1. The van der Waals surface area contributed by atoms with Crippen LogP contribution in [0.1, 0.15) is 6.42 Å². The van der Waals surface area contributed by atoms with E-state index in [0.717, 1.165) is 18.5 Å². The van der Waals surface area contributed by atoms with Gasteiger partial charge in [-0.25, -0.2) is 21.9 Å². The minimum atomic E-state index is -3.31. The minimum absolute atomic E-state index is 0.0565. The molecule has 1 aliphatic heterocycles. The van der Waals surface area contributed by atoms with Crippen molar-refractivity contribution >= 4 is 10.0 Å². The van der Waals surface area contributed by atoms with Gasteiger partial charge < -0.3 is 9.47 Å². The van der Waals surface area contributed by atoms with Crippen LogP contribution >= 0.6 is 0 Å². The van der Waals surface area contributed by atoms with Crippen LogP contribution in [0.4, 0.5) is 8.78 Å². The molecule has 1 N–H and O–H groups in total. The maximum absolute atomic E-state index is 13.8. The molecule has 1 aliphatic rings. The van der Waals surface area contributed by atoms with E-state index in [2.05, 4.69) is 9.71 Å². The SMILES string of the molecule is CS(=O)(=O)N[C@@H]1CCOC[C@H]1COc1ccc(-c2ncc(F)cc2F)cc1. The van der Waals surface area contributed by atoms with Crippen LogP contribution in [0, 0.1) is 17.6 Å². The Hall–Kier alpha value is -2.10. The Labute approximate surface area is 156 Å². The molecule has 0 bridgehead atoms. The highest BCUT2D eigenvalue weighted by atomic mass is 32.2. The summed E-state index contributed by atoms with van der Waals surface area (Å²) in [6, 6.07) is 7.10. The topological polar surface area (TPSA) is 77.5 Å². The van der Waals surface area contributed by atoms with Crippen LogP contribution in [-0.4, -0.2) is 45.5 Å². The molecule has 2 atom stereocenters. The summed E-state index contributed by atoms with van der Waals surface area (Å²) in [5.74, 6) is -1.05. The molecule has 0 unspecified atom stereocenters. The van der Waals surface area contributed by atoms with E-state index in [9.17, 15) is 17.2 Å². The lowest BCUT2D eigenvalue weighted by atomic mass is 9.98. The van der Waals surface area contributed by atoms with E-state index < -0.39 is 21.7 Å². The van der Waals surface area contributed by atoms with Gasteiger partial charge in [0.05, 0.1) is 25.7 Å². The number of hydrogen-bond donors (Lipinski definition) is 1. The molecule has 9 heteroatoms. The van der Waals surface area contributed by atoms with Gasteiger partial charge in [-0.1, -0.05) is 0 Å². The minimum Gasteiger partial charge on any atom is -0.493 e. The second-order valence-corrected chi connectivity index (χ2v) is 8.22. The van der Waals surface area contributed by atoms with Gasteiger partial charge in [0.2, 0.25) is 10.0 Å². The average Bonchev–Trinajstić information content (AvgIpc) is 2.60. The molecular formula is C18H20F2N2O4S. The quantitative estimate of drug-likeness (QED) is 0.808. The van der Waals surface area contributed by atoms with Crippen LogP contribution in [0.3, 0.4) is 0 Å². The Morgan fingerprint density at radius 2 is 2.04 bits per heavy atom. The zero-order valence-corrected chi connectivity index (χ0v) is 15.5. The first kappa shape index (κ1) is 19.7. The van der Waals surface area contributed by atoms with Crippen LogP contribution in [0.5, 0.6) is 5.75 Å². The van der Waals surface area contributed by atoms with Crippen molar-refractivity contribution < 1.29 is 26.7 Å². The molecule has 0 aliphatic carbocycles. The fraction of sp³-hybridized carbons (Fsp3) is 0.389. The lowest BCUT2D eigenvalue weighted by molar-refractivity contribution is 0.0187. The summed E-state index contributed by atoms with van der Waals surface area (Å²) in [6.07, 6.45) is 2.66. The highest BCUT2D eigenvalue weighted by Crippen LogP contribution is 2.24. The van der Waals surface area contributed by atoms with E-state index in [-0.39, 0.29) is 24.3 Å². The number of sulfonamides is 1. The summed E-state index contributed by atoms with van der Waals surface area (Å²) in [5, 5.41) is 0. The third-order valence-corrected chi connectivity index (χ3v) is 4.97. The van der Waals surface area contributed by atoms with Gasteiger partial charge in [0.1, 0.15) is 17.3 Å². The number of benzene rings is 1. The molecule has 0 amide bonds. The van der Waals surface area contributed by atoms with Crippen molar-refractivity contribution in [1.29, 1.82) is 0 Å². The first-order valence-corrected chi connectivity index (χ1v) is 10.3. The monoisotopic (exact) mass is 398 g/mol. The number of nitrogens with zero attached hydrogens (tertiary/aromatic N) is 1. The lowest BCUT2D eigenvalue weighted by Crippen LogP contribution is -2.47. The highest BCUT2D eigenvalue weighted by Gasteiger charge is 2.28. The van der Waals surface area contributed by atoms with Crippen LogP contribution in [0.15, 0.2) is 36.5 Å². The van der Waals surface area contributed by atoms with Crippen molar-refractivity contribution in [3.8, 4) is 17.0 Å². The summed E-state index contributed by atoms with van der Waals surface area (Å²) >= 11 is 0. The average molecular weight is 398 g/mol. The summed E-state index contributed by atoms with van der Waals surface area (Å²) in [4.78, 5) is 3.77. The molecule has 146 valence electrons. The van der Waals surface area contributed by atoms with E-state index in [1.165, 1.54) is 0 Å². The smallest absolute Gasteiger partial charge is 0.208 e. The highest BCUT2D eigenvalue weighted by molar-refractivity contribution is 7.88. The van der Waals surface area contributed by atoms with E-state index >= 15 is 0 Å². The molecular weight excluding hydrogens is 378 g/mol. The van der Waals surface area contributed by atoms with Gasteiger partial charge in [-0.05, 0) is 30.7 Å². The van der Waals surface area contributed by atoms with Crippen molar-refractivity contribution in [1.82, 2.24) is 9.71 Å². The molecule has 27 heavy (non-hydrogen) atoms. The van der Waals surface area contributed by atoms with Gasteiger partial charge >= 0.3 is 0 Å². The Morgan fingerprint density at radius 3 is 2.70 bits per heavy atom. The van der Waals surface area contributed by atoms with Gasteiger partial charge in [0.25, 0.3) is 0 Å². The van der Waals surface area contributed by atoms with Gasteiger partial charge in [-0.15, -0.1) is 0 Å². The molecule has 1 fully saturated rings. The summed E-state index contributed by atoms with van der Waals surface area (Å²) < 4.78 is 63.5.